The highest BCUT2D eigenvalue weighted by atomic mass is 16.6. The smallest absolute Gasteiger partial charge is 0.409 e. The van der Waals surface area contributed by atoms with E-state index < -0.39 is 6.09 Å². The Hall–Kier alpha value is -0.810. The molecule has 0 saturated carbocycles. The van der Waals surface area contributed by atoms with Crippen LogP contribution in [-0.4, -0.2) is 54.1 Å². The molecule has 0 atom stereocenters. The summed E-state index contributed by atoms with van der Waals surface area (Å²) in [6.45, 7) is 6.14. The Morgan fingerprint density at radius 1 is 1.21 bits per heavy atom. The van der Waals surface area contributed by atoms with Crippen molar-refractivity contribution >= 4 is 6.09 Å². The minimum Gasteiger partial charge on any atom is -0.450 e. The van der Waals surface area contributed by atoms with Gasteiger partial charge in [-0.05, 0) is 6.92 Å². The quantitative estimate of drug-likeness (QED) is 0.687. The van der Waals surface area contributed by atoms with E-state index >= 15 is 0 Å². The topological polar surface area (TPSA) is 70.0 Å². The van der Waals surface area contributed by atoms with E-state index in [0.29, 0.717) is 6.61 Å². The maximum absolute atomic E-state index is 11.0. The molecule has 0 heterocycles. The Morgan fingerprint density at radius 3 is 1.93 bits per heavy atom. The van der Waals surface area contributed by atoms with Crippen LogP contribution in [-0.2, 0) is 4.74 Å². The number of carbonyl (C=O) groups is 1. The van der Waals surface area contributed by atoms with Gasteiger partial charge in [0.15, 0.2) is 0 Å². The van der Waals surface area contributed by atoms with E-state index in [1.54, 1.807) is 6.92 Å². The van der Waals surface area contributed by atoms with Gasteiger partial charge in [0.25, 0.3) is 0 Å². The SMILES string of the molecule is CC.CCOC(=O)N(CCO)CCO. The van der Waals surface area contributed by atoms with Crippen LogP contribution < -0.4 is 0 Å². The van der Waals surface area contributed by atoms with Gasteiger partial charge < -0.3 is 19.8 Å². The molecular weight excluding hydrogens is 186 g/mol. The molecule has 0 aliphatic heterocycles. The average Bonchev–Trinajstić information content (AvgIpc) is 2.21. The molecule has 0 aromatic rings. The monoisotopic (exact) mass is 207 g/mol. The summed E-state index contributed by atoms with van der Waals surface area (Å²) in [6, 6.07) is 0. The zero-order valence-corrected chi connectivity index (χ0v) is 9.19. The molecule has 2 N–H and O–H groups in total. The number of amides is 1. The Balaban J connectivity index is 0. The number of aliphatic hydroxyl groups excluding tert-OH is 2. The minimum absolute atomic E-state index is 0.126. The van der Waals surface area contributed by atoms with Crippen LogP contribution in [0.2, 0.25) is 0 Å². The lowest BCUT2D eigenvalue weighted by Crippen LogP contribution is -2.36. The fourth-order valence-corrected chi connectivity index (χ4v) is 0.751. The number of aliphatic hydroxyl groups is 2. The summed E-state index contributed by atoms with van der Waals surface area (Å²) >= 11 is 0. The fraction of sp³-hybridized carbons (Fsp3) is 0.889. The van der Waals surface area contributed by atoms with Gasteiger partial charge >= 0.3 is 6.09 Å². The molecule has 0 saturated heterocycles. The molecule has 0 fully saturated rings. The van der Waals surface area contributed by atoms with Crippen LogP contribution in [0.15, 0.2) is 0 Å². The first-order valence-corrected chi connectivity index (χ1v) is 4.89. The second kappa shape index (κ2) is 12.2. The number of nitrogens with zero attached hydrogens (tertiary/aromatic N) is 1. The predicted octanol–water partition coefficient (Wildman–Crippen LogP) is 0.456. The Labute approximate surface area is 85.3 Å². The highest BCUT2D eigenvalue weighted by Crippen LogP contribution is 1.92. The van der Waals surface area contributed by atoms with Gasteiger partial charge in [-0.15, -0.1) is 0 Å². The highest BCUT2D eigenvalue weighted by molar-refractivity contribution is 5.67. The van der Waals surface area contributed by atoms with Crippen LogP contribution in [0.5, 0.6) is 0 Å². The van der Waals surface area contributed by atoms with Gasteiger partial charge in [0.05, 0.1) is 19.8 Å². The van der Waals surface area contributed by atoms with E-state index in [9.17, 15) is 4.79 Å². The summed E-state index contributed by atoms with van der Waals surface area (Å²) in [5, 5.41) is 17.1. The largest absolute Gasteiger partial charge is 0.450 e. The van der Waals surface area contributed by atoms with E-state index in [-0.39, 0.29) is 26.3 Å². The van der Waals surface area contributed by atoms with Crippen molar-refractivity contribution in [2.75, 3.05) is 32.9 Å². The Bertz CT molecular complexity index is 124. The summed E-state index contributed by atoms with van der Waals surface area (Å²) < 4.78 is 4.67. The highest BCUT2D eigenvalue weighted by Gasteiger charge is 2.11. The third-order valence-electron chi connectivity index (χ3n) is 1.27. The second-order valence-electron chi connectivity index (χ2n) is 2.13. The van der Waals surface area contributed by atoms with Gasteiger partial charge in [0.2, 0.25) is 0 Å². The first-order valence-electron chi connectivity index (χ1n) is 4.89. The summed E-state index contributed by atoms with van der Waals surface area (Å²) in [6.07, 6.45) is -0.499. The summed E-state index contributed by atoms with van der Waals surface area (Å²) in [7, 11) is 0. The zero-order valence-electron chi connectivity index (χ0n) is 9.19. The van der Waals surface area contributed by atoms with Crippen molar-refractivity contribution in [2.24, 2.45) is 0 Å². The summed E-state index contributed by atoms with van der Waals surface area (Å²) in [5.41, 5.74) is 0. The first kappa shape index (κ1) is 15.7. The Morgan fingerprint density at radius 2 is 1.64 bits per heavy atom. The lowest BCUT2D eigenvalue weighted by Gasteiger charge is -2.19. The van der Waals surface area contributed by atoms with E-state index in [1.807, 2.05) is 13.8 Å². The van der Waals surface area contributed by atoms with Crippen molar-refractivity contribution in [3.8, 4) is 0 Å². The van der Waals surface area contributed by atoms with E-state index in [4.69, 9.17) is 10.2 Å². The third kappa shape index (κ3) is 7.82. The maximum Gasteiger partial charge on any atom is 0.409 e. The normalized spacial score (nSPS) is 8.64. The molecule has 0 bridgehead atoms. The van der Waals surface area contributed by atoms with Crippen molar-refractivity contribution < 1.29 is 19.7 Å². The Kier molecular flexibility index (Phi) is 13.6. The van der Waals surface area contributed by atoms with E-state index in [2.05, 4.69) is 4.74 Å². The third-order valence-corrected chi connectivity index (χ3v) is 1.27. The van der Waals surface area contributed by atoms with Gasteiger partial charge in [0, 0.05) is 13.1 Å². The van der Waals surface area contributed by atoms with Gasteiger partial charge in [0.1, 0.15) is 0 Å². The summed E-state index contributed by atoms with van der Waals surface area (Å²) in [4.78, 5) is 12.3. The average molecular weight is 207 g/mol. The molecule has 14 heavy (non-hydrogen) atoms. The molecular formula is C9H21NO4. The molecule has 0 aliphatic rings. The number of hydrogen-bond donors (Lipinski definition) is 2. The van der Waals surface area contributed by atoms with Crippen LogP contribution in [0.3, 0.4) is 0 Å². The molecule has 0 unspecified atom stereocenters. The van der Waals surface area contributed by atoms with Crippen molar-refractivity contribution in [2.45, 2.75) is 20.8 Å². The van der Waals surface area contributed by atoms with Crippen LogP contribution in [0.4, 0.5) is 4.79 Å². The summed E-state index contributed by atoms with van der Waals surface area (Å²) in [5.74, 6) is 0. The number of hydrogen-bond acceptors (Lipinski definition) is 4. The molecule has 5 nitrogen and oxygen atoms in total. The number of ether oxygens (including phenoxy) is 1. The van der Waals surface area contributed by atoms with Gasteiger partial charge in [-0.1, -0.05) is 13.8 Å². The number of carbonyl (C=O) groups excluding carboxylic acids is 1. The standard InChI is InChI=1S/C7H15NO4.C2H6/c1-2-12-7(11)8(3-5-9)4-6-10;1-2/h9-10H,2-6H2,1H3;1-2H3. The lowest BCUT2D eigenvalue weighted by molar-refractivity contribution is 0.0898. The van der Waals surface area contributed by atoms with Crippen LogP contribution in [0.1, 0.15) is 20.8 Å². The maximum atomic E-state index is 11.0. The molecule has 0 aromatic heterocycles. The van der Waals surface area contributed by atoms with E-state index in [0.717, 1.165) is 0 Å². The molecule has 86 valence electrons. The van der Waals surface area contributed by atoms with E-state index in [1.165, 1.54) is 4.90 Å². The van der Waals surface area contributed by atoms with Crippen LogP contribution in [0, 0.1) is 0 Å². The predicted molar refractivity (Wildman–Crippen MR) is 54.1 cm³/mol. The minimum atomic E-state index is -0.499. The molecule has 0 spiro atoms. The van der Waals surface area contributed by atoms with Crippen molar-refractivity contribution in [3.05, 3.63) is 0 Å². The molecule has 0 radical (unpaired) electrons. The molecule has 0 aliphatic carbocycles. The van der Waals surface area contributed by atoms with Gasteiger partial charge in [-0.3, -0.25) is 0 Å². The van der Waals surface area contributed by atoms with Crippen molar-refractivity contribution in [1.29, 1.82) is 0 Å². The van der Waals surface area contributed by atoms with Gasteiger partial charge in [-0.2, -0.15) is 0 Å². The van der Waals surface area contributed by atoms with Gasteiger partial charge in [-0.25, -0.2) is 4.79 Å². The molecule has 0 aromatic carbocycles. The molecule has 0 rings (SSSR count). The first-order chi connectivity index (χ1) is 6.76. The molecule has 1 amide bonds. The van der Waals surface area contributed by atoms with Crippen LogP contribution in [0.25, 0.3) is 0 Å². The lowest BCUT2D eigenvalue weighted by atomic mass is 10.5. The zero-order chi connectivity index (χ0) is 11.4. The fourth-order valence-electron chi connectivity index (χ4n) is 0.751. The second-order valence-corrected chi connectivity index (χ2v) is 2.13. The molecule has 5 heteroatoms. The van der Waals surface area contributed by atoms with Crippen LogP contribution >= 0.6 is 0 Å². The van der Waals surface area contributed by atoms with Crippen molar-refractivity contribution in [1.82, 2.24) is 4.90 Å². The number of rotatable bonds is 5. The van der Waals surface area contributed by atoms with Crippen molar-refractivity contribution in [3.63, 3.8) is 0 Å².